The highest BCUT2D eigenvalue weighted by Crippen LogP contribution is 2.29. The van der Waals surface area contributed by atoms with Gasteiger partial charge in [-0.25, -0.2) is 8.78 Å². The van der Waals surface area contributed by atoms with Gasteiger partial charge in [0.25, 0.3) is 0 Å². The Morgan fingerprint density at radius 2 is 1.91 bits per heavy atom. The summed E-state index contributed by atoms with van der Waals surface area (Å²) in [6.07, 6.45) is 0.542. The number of rotatable bonds is 1. The predicted octanol–water partition coefficient (Wildman–Crippen LogP) is 3.26. The maximum absolute atomic E-state index is 13.7. The number of halogens is 3. The zero-order valence-corrected chi connectivity index (χ0v) is 13.4. The van der Waals surface area contributed by atoms with Crippen molar-refractivity contribution in [1.82, 2.24) is 0 Å². The molecule has 2 amide bonds. The number of carbonyl (C=O) groups excluding carboxylic acids is 2. The third-order valence-corrected chi connectivity index (χ3v) is 4.05. The van der Waals surface area contributed by atoms with Gasteiger partial charge in [-0.05, 0) is 42.3 Å². The van der Waals surface area contributed by atoms with Gasteiger partial charge in [0.1, 0.15) is 11.6 Å². The Balaban J connectivity index is 1.81. The highest BCUT2D eigenvalue weighted by atomic mass is 79.9. The van der Waals surface area contributed by atoms with E-state index in [1.54, 1.807) is 6.07 Å². The molecule has 2 aromatic carbocycles. The fourth-order valence-electron chi connectivity index (χ4n) is 2.45. The summed E-state index contributed by atoms with van der Waals surface area (Å²) in [6.45, 7) is 0.284. The van der Waals surface area contributed by atoms with E-state index in [2.05, 4.69) is 21.2 Å². The Bertz CT molecular complexity index is 811. The Morgan fingerprint density at radius 3 is 2.70 bits per heavy atom. The topological polar surface area (TPSA) is 49.4 Å². The lowest BCUT2D eigenvalue weighted by atomic mass is 10.2. The zero-order chi connectivity index (χ0) is 16.6. The Kier molecular flexibility index (Phi) is 4.12. The van der Waals surface area contributed by atoms with Gasteiger partial charge in [-0.15, -0.1) is 0 Å². The first-order chi connectivity index (χ1) is 11.0. The second-order valence-corrected chi connectivity index (χ2v) is 5.97. The van der Waals surface area contributed by atoms with E-state index < -0.39 is 23.4 Å². The van der Waals surface area contributed by atoms with E-state index in [0.717, 1.165) is 5.56 Å². The molecule has 1 N–H and O–H groups in total. The van der Waals surface area contributed by atoms with Gasteiger partial charge in [-0.1, -0.05) is 22.0 Å². The Morgan fingerprint density at radius 1 is 1.13 bits per heavy atom. The largest absolute Gasteiger partial charge is 0.316 e. The summed E-state index contributed by atoms with van der Waals surface area (Å²) in [6, 6.07) is 8.12. The van der Waals surface area contributed by atoms with Crippen LogP contribution in [0.1, 0.15) is 5.56 Å². The monoisotopic (exact) mass is 380 g/mol. The summed E-state index contributed by atoms with van der Waals surface area (Å²) in [5, 5.41) is 2.24. The number of hydrogen-bond donors (Lipinski definition) is 1. The first kappa shape index (κ1) is 15.6. The minimum atomic E-state index is -0.973. The number of carbonyl (C=O) groups is 2. The molecule has 0 bridgehead atoms. The average Bonchev–Trinajstić information content (AvgIpc) is 2.93. The number of nitrogens with one attached hydrogen (secondary N) is 1. The summed E-state index contributed by atoms with van der Waals surface area (Å²) in [4.78, 5) is 25.6. The number of anilines is 2. The van der Waals surface area contributed by atoms with Crippen molar-refractivity contribution < 1.29 is 18.4 Å². The third kappa shape index (κ3) is 3.10. The summed E-state index contributed by atoms with van der Waals surface area (Å²) < 4.78 is 27.6. The quantitative estimate of drug-likeness (QED) is 0.772. The van der Waals surface area contributed by atoms with Crippen molar-refractivity contribution in [2.45, 2.75) is 6.42 Å². The van der Waals surface area contributed by atoms with Crippen molar-refractivity contribution in [2.75, 3.05) is 16.8 Å². The molecule has 3 rings (SSSR count). The van der Waals surface area contributed by atoms with E-state index in [9.17, 15) is 18.4 Å². The van der Waals surface area contributed by atoms with Crippen LogP contribution in [0.4, 0.5) is 20.2 Å². The van der Waals surface area contributed by atoms with E-state index >= 15 is 0 Å². The van der Waals surface area contributed by atoms with E-state index in [1.807, 2.05) is 0 Å². The molecular weight excluding hydrogens is 370 g/mol. The summed E-state index contributed by atoms with van der Waals surface area (Å²) in [5.41, 5.74) is 1.07. The summed E-state index contributed by atoms with van der Waals surface area (Å²) in [7, 11) is 0. The molecule has 0 saturated heterocycles. The van der Waals surface area contributed by atoms with Crippen LogP contribution in [0.25, 0.3) is 0 Å². The standard InChI is InChI=1S/C16H11BrF2N2O2/c17-10-2-4-12(19)13(7-10)20-15(22)16(23)21-6-5-9-1-3-11(18)8-14(9)21/h1-4,7-8H,5-6H2,(H,20,22). The molecule has 0 atom stereocenters. The minimum absolute atomic E-state index is 0.101. The molecule has 0 saturated carbocycles. The van der Waals surface area contributed by atoms with Crippen LogP contribution in [-0.2, 0) is 16.0 Å². The highest BCUT2D eigenvalue weighted by Gasteiger charge is 2.29. The third-order valence-electron chi connectivity index (χ3n) is 3.56. The maximum Gasteiger partial charge on any atom is 0.316 e. The van der Waals surface area contributed by atoms with Crippen LogP contribution in [0.15, 0.2) is 40.9 Å². The Labute approximate surface area is 139 Å². The fourth-order valence-corrected chi connectivity index (χ4v) is 2.82. The molecule has 0 fully saturated rings. The number of nitrogens with zero attached hydrogens (tertiary/aromatic N) is 1. The summed E-state index contributed by atoms with van der Waals surface area (Å²) in [5.74, 6) is -2.96. The van der Waals surface area contributed by atoms with Gasteiger partial charge in [0.05, 0.1) is 11.4 Å². The molecule has 0 aromatic heterocycles. The maximum atomic E-state index is 13.7. The molecule has 7 heteroatoms. The molecule has 0 radical (unpaired) electrons. The molecule has 23 heavy (non-hydrogen) atoms. The van der Waals surface area contributed by atoms with Gasteiger partial charge in [0.15, 0.2) is 0 Å². The van der Waals surface area contributed by atoms with E-state index in [4.69, 9.17) is 0 Å². The lowest BCUT2D eigenvalue weighted by molar-refractivity contribution is -0.134. The molecule has 1 heterocycles. The van der Waals surface area contributed by atoms with Gasteiger partial charge in [-0.3, -0.25) is 9.59 Å². The molecule has 1 aliphatic heterocycles. The number of benzene rings is 2. The smallest absolute Gasteiger partial charge is 0.315 e. The highest BCUT2D eigenvalue weighted by molar-refractivity contribution is 9.10. The van der Waals surface area contributed by atoms with Crippen LogP contribution < -0.4 is 10.2 Å². The number of amides is 2. The van der Waals surface area contributed by atoms with Crippen LogP contribution in [-0.4, -0.2) is 18.4 Å². The summed E-state index contributed by atoms with van der Waals surface area (Å²) >= 11 is 3.16. The molecule has 2 aromatic rings. The van der Waals surface area contributed by atoms with Gasteiger partial charge < -0.3 is 10.2 Å². The first-order valence-electron chi connectivity index (χ1n) is 6.82. The molecule has 1 aliphatic rings. The molecule has 0 spiro atoms. The van der Waals surface area contributed by atoms with Gasteiger partial charge in [-0.2, -0.15) is 0 Å². The Hall–Kier alpha value is -2.28. The van der Waals surface area contributed by atoms with E-state index in [-0.39, 0.29) is 12.2 Å². The molecule has 4 nitrogen and oxygen atoms in total. The first-order valence-corrected chi connectivity index (χ1v) is 7.61. The van der Waals surface area contributed by atoms with Crippen LogP contribution in [0, 0.1) is 11.6 Å². The lowest BCUT2D eigenvalue weighted by Crippen LogP contribution is -2.38. The van der Waals surface area contributed by atoms with Crippen LogP contribution in [0.3, 0.4) is 0 Å². The number of fused-ring (bicyclic) bond motifs is 1. The second kappa shape index (κ2) is 6.08. The average molecular weight is 381 g/mol. The molecular formula is C16H11BrF2N2O2. The molecule has 0 unspecified atom stereocenters. The van der Waals surface area contributed by atoms with Crippen molar-refractivity contribution in [3.63, 3.8) is 0 Å². The molecule has 0 aliphatic carbocycles. The fraction of sp³-hybridized carbons (Fsp3) is 0.125. The molecule has 118 valence electrons. The van der Waals surface area contributed by atoms with E-state index in [0.29, 0.717) is 16.6 Å². The van der Waals surface area contributed by atoms with Crippen molar-refractivity contribution in [3.8, 4) is 0 Å². The predicted molar refractivity (Wildman–Crippen MR) is 85.2 cm³/mol. The van der Waals surface area contributed by atoms with Crippen LogP contribution in [0.2, 0.25) is 0 Å². The number of hydrogen-bond acceptors (Lipinski definition) is 2. The van der Waals surface area contributed by atoms with Crippen molar-refractivity contribution >= 4 is 39.1 Å². The van der Waals surface area contributed by atoms with Gasteiger partial charge in [0.2, 0.25) is 0 Å². The van der Waals surface area contributed by atoms with E-state index in [1.165, 1.54) is 35.2 Å². The van der Waals surface area contributed by atoms with Gasteiger partial charge >= 0.3 is 11.8 Å². The van der Waals surface area contributed by atoms with Crippen molar-refractivity contribution in [3.05, 3.63) is 58.1 Å². The van der Waals surface area contributed by atoms with Crippen molar-refractivity contribution in [1.29, 1.82) is 0 Å². The van der Waals surface area contributed by atoms with Gasteiger partial charge in [0, 0.05) is 11.0 Å². The van der Waals surface area contributed by atoms with Crippen molar-refractivity contribution in [2.24, 2.45) is 0 Å². The van der Waals surface area contributed by atoms with Crippen LogP contribution >= 0.6 is 15.9 Å². The normalized spacial score (nSPS) is 12.9. The zero-order valence-electron chi connectivity index (χ0n) is 11.8. The lowest BCUT2D eigenvalue weighted by Gasteiger charge is -2.17. The van der Waals surface area contributed by atoms with Crippen LogP contribution in [0.5, 0.6) is 0 Å². The minimum Gasteiger partial charge on any atom is -0.315 e. The SMILES string of the molecule is O=C(Nc1cc(Br)ccc1F)C(=O)N1CCc2ccc(F)cc21. The second-order valence-electron chi connectivity index (χ2n) is 5.06.